The summed E-state index contributed by atoms with van der Waals surface area (Å²) in [6, 6.07) is 0.479. The van der Waals surface area contributed by atoms with E-state index in [4.69, 9.17) is 4.74 Å². The van der Waals surface area contributed by atoms with Crippen molar-refractivity contribution in [1.82, 2.24) is 19.2 Å². The van der Waals surface area contributed by atoms with Gasteiger partial charge in [-0.25, -0.2) is 18.1 Å². The molecule has 2 fully saturated rings. The van der Waals surface area contributed by atoms with Crippen molar-refractivity contribution in [3.63, 3.8) is 0 Å². The van der Waals surface area contributed by atoms with Gasteiger partial charge in [-0.15, -0.1) is 0 Å². The van der Waals surface area contributed by atoms with Crippen molar-refractivity contribution >= 4 is 15.9 Å². The largest absolute Gasteiger partial charge is 0.376 e. The van der Waals surface area contributed by atoms with Gasteiger partial charge in [0.05, 0.1) is 31.3 Å². The van der Waals surface area contributed by atoms with Gasteiger partial charge in [0.1, 0.15) is 6.54 Å². The molecule has 2 atom stereocenters. The number of rotatable bonds is 8. The summed E-state index contributed by atoms with van der Waals surface area (Å²) in [5, 5.41) is 0. The molecule has 1 N–H and O–H groups in total. The van der Waals surface area contributed by atoms with Crippen molar-refractivity contribution in [3.8, 4) is 0 Å². The fraction of sp³-hybridized carbons (Fsp3) is 0.773. The van der Waals surface area contributed by atoms with Crippen molar-refractivity contribution in [2.45, 2.75) is 77.1 Å². The van der Waals surface area contributed by atoms with Gasteiger partial charge < -0.3 is 9.64 Å². The zero-order chi connectivity index (χ0) is 23.3. The van der Waals surface area contributed by atoms with Crippen LogP contribution in [0.25, 0.3) is 0 Å². The van der Waals surface area contributed by atoms with Crippen LogP contribution in [0.15, 0.2) is 23.4 Å². The second kappa shape index (κ2) is 10.9. The molecule has 10 heteroatoms. The lowest BCUT2D eigenvalue weighted by Crippen LogP contribution is -2.59. The lowest BCUT2D eigenvalue weighted by Gasteiger charge is -2.42. The number of sulfonamides is 1. The van der Waals surface area contributed by atoms with Gasteiger partial charge in [0, 0.05) is 24.8 Å². The summed E-state index contributed by atoms with van der Waals surface area (Å²) in [4.78, 5) is 30.7. The normalized spacial score (nSPS) is 26.9. The Morgan fingerprint density at radius 1 is 1.25 bits per heavy atom. The number of carbonyl (C=O) groups excluding carboxylic acids is 1. The molecular weight excluding hydrogens is 432 g/mol. The number of likely N-dealkylation sites (tertiary alicyclic amines) is 1. The SMILES string of the molecule is CC(C)C1CCC(OC[C@H]2[C@@H](NS(C)(=O)=O)CCCN2C(=O)Cn2cnccc2=O)CC1. The molecule has 0 aromatic carbocycles. The lowest BCUT2D eigenvalue weighted by atomic mass is 9.80. The second-order valence-electron chi connectivity index (χ2n) is 9.45. The number of nitrogens with one attached hydrogen (secondary N) is 1. The Hall–Kier alpha value is -1.78. The van der Waals surface area contributed by atoms with Crippen LogP contribution in [-0.4, -0.2) is 66.4 Å². The number of aromatic nitrogens is 2. The molecule has 0 unspecified atom stereocenters. The molecular formula is C22H36N4O5S. The van der Waals surface area contributed by atoms with Crippen LogP contribution in [0.4, 0.5) is 0 Å². The maximum absolute atomic E-state index is 13.1. The van der Waals surface area contributed by atoms with Crippen molar-refractivity contribution in [2.75, 3.05) is 19.4 Å². The van der Waals surface area contributed by atoms with Crippen LogP contribution in [0.2, 0.25) is 0 Å². The van der Waals surface area contributed by atoms with Gasteiger partial charge in [0.15, 0.2) is 0 Å². The molecule has 1 saturated heterocycles. The predicted octanol–water partition coefficient (Wildman–Crippen LogP) is 1.38. The number of piperidine rings is 1. The van der Waals surface area contributed by atoms with Crippen molar-refractivity contribution in [2.24, 2.45) is 11.8 Å². The number of hydrogen-bond donors (Lipinski definition) is 1. The Morgan fingerprint density at radius 3 is 2.59 bits per heavy atom. The average molecular weight is 469 g/mol. The third-order valence-corrected chi connectivity index (χ3v) is 7.46. The zero-order valence-corrected chi connectivity index (χ0v) is 20.1. The number of hydrogen-bond acceptors (Lipinski definition) is 6. The van der Waals surface area contributed by atoms with Gasteiger partial charge in [-0.05, 0) is 50.4 Å². The van der Waals surface area contributed by atoms with Crippen LogP contribution < -0.4 is 10.3 Å². The first-order chi connectivity index (χ1) is 15.1. The van der Waals surface area contributed by atoms with Gasteiger partial charge in [0.25, 0.3) is 5.56 Å². The third kappa shape index (κ3) is 6.86. The highest BCUT2D eigenvalue weighted by atomic mass is 32.2. The van der Waals surface area contributed by atoms with E-state index in [1.807, 2.05) is 0 Å². The molecule has 1 aliphatic heterocycles. The molecule has 32 heavy (non-hydrogen) atoms. The van der Waals surface area contributed by atoms with Crippen molar-refractivity contribution in [3.05, 3.63) is 28.9 Å². The topological polar surface area (TPSA) is 111 Å². The molecule has 1 aliphatic carbocycles. The molecule has 0 radical (unpaired) electrons. The summed E-state index contributed by atoms with van der Waals surface area (Å²) in [6.07, 6.45) is 9.54. The Labute approximate surface area is 190 Å². The fourth-order valence-corrected chi connectivity index (χ4v) is 5.70. The van der Waals surface area contributed by atoms with E-state index in [0.29, 0.717) is 25.3 Å². The van der Waals surface area contributed by atoms with E-state index in [-0.39, 0.29) is 30.7 Å². The summed E-state index contributed by atoms with van der Waals surface area (Å²) >= 11 is 0. The standard InChI is InChI=1S/C22H36N4O5S/c1-16(2)17-6-8-18(9-7-17)31-14-20-19(24-32(3,29)30)5-4-12-26(20)22(28)13-25-15-23-11-10-21(25)27/h10-11,15-20,24H,4-9,12-14H2,1-3H3/t17?,18?,19-,20-/m0/s1. The fourth-order valence-electron chi connectivity index (χ4n) is 4.88. The van der Waals surface area contributed by atoms with Crippen molar-refractivity contribution in [1.29, 1.82) is 0 Å². The number of ether oxygens (including phenoxy) is 1. The maximum atomic E-state index is 13.1. The smallest absolute Gasteiger partial charge is 0.253 e. The first kappa shape index (κ1) is 24.9. The molecule has 1 aromatic rings. The van der Waals surface area contributed by atoms with Crippen molar-refractivity contribution < 1.29 is 17.9 Å². The first-order valence-electron chi connectivity index (χ1n) is 11.5. The minimum atomic E-state index is -3.44. The molecule has 1 aromatic heterocycles. The highest BCUT2D eigenvalue weighted by Crippen LogP contribution is 2.31. The summed E-state index contributed by atoms with van der Waals surface area (Å²) in [5.74, 6) is 1.15. The number of amides is 1. The quantitative estimate of drug-likeness (QED) is 0.617. The van der Waals surface area contributed by atoms with Gasteiger partial charge >= 0.3 is 0 Å². The highest BCUT2D eigenvalue weighted by molar-refractivity contribution is 7.88. The van der Waals surface area contributed by atoms with E-state index >= 15 is 0 Å². The van der Waals surface area contributed by atoms with Crippen LogP contribution in [0.3, 0.4) is 0 Å². The highest BCUT2D eigenvalue weighted by Gasteiger charge is 2.37. The minimum Gasteiger partial charge on any atom is -0.376 e. The van der Waals surface area contributed by atoms with Crippen LogP contribution in [0.5, 0.6) is 0 Å². The Balaban J connectivity index is 1.70. The molecule has 1 amide bonds. The zero-order valence-electron chi connectivity index (χ0n) is 19.3. The van der Waals surface area contributed by atoms with E-state index in [1.54, 1.807) is 4.90 Å². The number of nitrogens with zero attached hydrogens (tertiary/aromatic N) is 3. The monoisotopic (exact) mass is 468 g/mol. The predicted molar refractivity (Wildman–Crippen MR) is 122 cm³/mol. The second-order valence-corrected chi connectivity index (χ2v) is 11.2. The van der Waals surface area contributed by atoms with Gasteiger partial charge in [-0.2, -0.15) is 0 Å². The molecule has 3 rings (SSSR count). The molecule has 9 nitrogen and oxygen atoms in total. The third-order valence-electron chi connectivity index (χ3n) is 6.73. The van der Waals surface area contributed by atoms with E-state index in [2.05, 4.69) is 23.6 Å². The average Bonchev–Trinajstić information content (AvgIpc) is 2.73. The maximum Gasteiger partial charge on any atom is 0.253 e. The van der Waals surface area contributed by atoms with E-state index < -0.39 is 22.1 Å². The van der Waals surface area contributed by atoms with Gasteiger partial charge in [-0.3, -0.25) is 14.2 Å². The Morgan fingerprint density at radius 2 is 1.97 bits per heavy atom. The molecule has 2 aliphatic rings. The van der Waals surface area contributed by atoms with E-state index in [9.17, 15) is 18.0 Å². The number of carbonyl (C=O) groups is 1. The Bertz CT molecular complexity index is 924. The Kier molecular flexibility index (Phi) is 8.46. The summed E-state index contributed by atoms with van der Waals surface area (Å²) < 4.78 is 34.1. The lowest BCUT2D eigenvalue weighted by molar-refractivity contribution is -0.139. The van der Waals surface area contributed by atoms with E-state index in [1.165, 1.54) is 23.2 Å². The summed E-state index contributed by atoms with van der Waals surface area (Å²) in [6.45, 7) is 5.16. The molecule has 2 heterocycles. The van der Waals surface area contributed by atoms with Crippen LogP contribution >= 0.6 is 0 Å². The van der Waals surface area contributed by atoms with Crippen LogP contribution in [-0.2, 0) is 26.1 Å². The van der Waals surface area contributed by atoms with Crippen LogP contribution in [0.1, 0.15) is 52.4 Å². The molecule has 0 spiro atoms. The summed E-state index contributed by atoms with van der Waals surface area (Å²) in [5.41, 5.74) is -0.300. The first-order valence-corrected chi connectivity index (χ1v) is 13.4. The van der Waals surface area contributed by atoms with Gasteiger partial charge in [-0.1, -0.05) is 13.8 Å². The molecule has 180 valence electrons. The summed E-state index contributed by atoms with van der Waals surface area (Å²) in [7, 11) is -3.44. The molecule has 0 bridgehead atoms. The van der Waals surface area contributed by atoms with Crippen LogP contribution in [0, 0.1) is 11.8 Å². The van der Waals surface area contributed by atoms with Gasteiger partial charge in [0.2, 0.25) is 15.9 Å². The molecule has 1 saturated carbocycles. The van der Waals surface area contributed by atoms with E-state index in [0.717, 1.165) is 37.9 Å². The minimum absolute atomic E-state index is 0.128.